The lowest BCUT2D eigenvalue weighted by Gasteiger charge is -2.21. The summed E-state index contributed by atoms with van der Waals surface area (Å²) in [5, 5.41) is -0.323. The highest BCUT2D eigenvalue weighted by Crippen LogP contribution is 2.46. The van der Waals surface area contributed by atoms with Crippen LogP contribution >= 0.6 is 55.8 Å². The molecule has 0 heterocycles. The highest BCUT2D eigenvalue weighted by Gasteiger charge is 2.38. The van der Waals surface area contributed by atoms with Crippen LogP contribution in [0.3, 0.4) is 0 Å². The molecule has 1 unspecified atom stereocenters. The van der Waals surface area contributed by atoms with Crippen LogP contribution in [0.15, 0.2) is 23.1 Å². The van der Waals surface area contributed by atoms with E-state index in [0.29, 0.717) is 0 Å². The molecule has 1 rings (SSSR count). The molecule has 0 radical (unpaired) electrons. The van der Waals surface area contributed by atoms with Gasteiger partial charge in [-0.2, -0.15) is 8.78 Å². The average Bonchev–Trinajstić information content (AvgIpc) is 2.49. The van der Waals surface area contributed by atoms with Gasteiger partial charge in [0.15, 0.2) is 0 Å². The Balaban J connectivity index is 2.76. The molecular weight excluding hydrogens is 503 g/mol. The topological polar surface area (TPSA) is 21.3 Å². The van der Waals surface area contributed by atoms with Crippen LogP contribution in [-0.4, -0.2) is 20.3 Å². The fourth-order valence-corrected chi connectivity index (χ4v) is 3.56. The van der Waals surface area contributed by atoms with Crippen LogP contribution in [0, 0.1) is 5.82 Å². The molecule has 1 N–H and O–H groups in total. The van der Waals surface area contributed by atoms with Crippen molar-refractivity contribution >= 4 is 66.7 Å². The van der Waals surface area contributed by atoms with E-state index < -0.39 is 14.8 Å². The number of benzene rings is 1. The van der Waals surface area contributed by atoms with Gasteiger partial charge in [0.2, 0.25) is 0 Å². The molecule has 9 heteroatoms. The van der Waals surface area contributed by atoms with E-state index in [-0.39, 0.29) is 33.6 Å². The Hall–Kier alpha value is 0.01000. The van der Waals surface area contributed by atoms with Crippen LogP contribution in [0.2, 0.25) is 0 Å². The molecule has 1 aromatic rings. The fourth-order valence-electron chi connectivity index (χ4n) is 1.94. The number of hydrogen-bond donors (Lipinski definition) is 1. The first-order valence-corrected chi connectivity index (χ1v) is 10.8. The minimum absolute atomic E-state index is 0.0403. The summed E-state index contributed by atoms with van der Waals surface area (Å²) < 4.78 is 45.6. The first kappa shape index (κ1) is 23.0. The van der Waals surface area contributed by atoms with Crippen molar-refractivity contribution in [2.45, 2.75) is 59.5 Å². The Morgan fingerprint density at radius 2 is 2.04 bits per heavy atom. The number of alkyl halides is 4. The van der Waals surface area contributed by atoms with Crippen molar-refractivity contribution in [1.29, 1.82) is 0 Å². The van der Waals surface area contributed by atoms with E-state index in [9.17, 15) is 13.2 Å². The third kappa shape index (κ3) is 8.49. The van der Waals surface area contributed by atoms with E-state index in [1.54, 1.807) is 0 Å². The molecule has 25 heavy (non-hydrogen) atoms. The summed E-state index contributed by atoms with van der Waals surface area (Å²) in [7, 11) is 0. The first-order valence-electron chi connectivity index (χ1n) is 7.77. The predicted octanol–water partition coefficient (Wildman–Crippen LogP) is 7.31. The summed E-state index contributed by atoms with van der Waals surface area (Å²) in [4.78, 5) is 0.0403. The highest BCUT2D eigenvalue weighted by molar-refractivity contribution is 9.24. The maximum atomic E-state index is 13.9. The zero-order valence-electron chi connectivity index (χ0n) is 13.8. The van der Waals surface area contributed by atoms with Crippen molar-refractivity contribution in [1.82, 2.24) is 0 Å². The average molecular weight is 523 g/mol. The quantitative estimate of drug-likeness (QED) is 0.159. The Bertz CT molecular complexity index is 576. The van der Waals surface area contributed by atoms with E-state index in [4.69, 9.17) is 17.0 Å². The third-order valence-corrected chi connectivity index (χ3v) is 6.22. The third-order valence-electron chi connectivity index (χ3n) is 3.20. The van der Waals surface area contributed by atoms with Gasteiger partial charge < -0.3 is 10.1 Å². The number of rotatable bonds is 9. The van der Waals surface area contributed by atoms with Crippen LogP contribution < -0.4 is 5.32 Å². The molecule has 1 atom stereocenters. The number of nitrogens with one attached hydrogen (secondary N) is 1. The molecule has 1 aromatic carbocycles. The van der Waals surface area contributed by atoms with Gasteiger partial charge in [0, 0.05) is 4.90 Å². The number of ether oxygens (including phenoxy) is 1. The molecule has 0 aromatic heterocycles. The first-order chi connectivity index (χ1) is 11.7. The van der Waals surface area contributed by atoms with Gasteiger partial charge in [-0.1, -0.05) is 51.6 Å². The molecule has 0 fully saturated rings. The molecule has 0 spiro atoms. The second-order valence-electron chi connectivity index (χ2n) is 5.44. The number of thioether (sulfide) groups is 1. The molecule has 2 nitrogen and oxygen atoms in total. The Morgan fingerprint density at radius 3 is 2.64 bits per heavy atom. The smallest absolute Gasteiger partial charge is 0.320 e. The van der Waals surface area contributed by atoms with Crippen molar-refractivity contribution in [3.8, 4) is 0 Å². The minimum Gasteiger partial charge on any atom is -0.468 e. The molecule has 0 saturated carbocycles. The summed E-state index contributed by atoms with van der Waals surface area (Å²) in [6, 6.07) is 3.58. The number of thiocarbonyl (C=S) groups is 1. The number of hydrogen-bond acceptors (Lipinski definition) is 3. The van der Waals surface area contributed by atoms with E-state index in [1.807, 2.05) is 6.92 Å². The van der Waals surface area contributed by atoms with Gasteiger partial charge >= 0.3 is 5.25 Å². The molecule has 0 aliphatic heterocycles. The van der Waals surface area contributed by atoms with Crippen molar-refractivity contribution < 1.29 is 17.9 Å². The monoisotopic (exact) mass is 521 g/mol. The zero-order chi connectivity index (χ0) is 19.0. The van der Waals surface area contributed by atoms with Crippen molar-refractivity contribution in [3.63, 3.8) is 0 Å². The summed E-state index contributed by atoms with van der Waals surface area (Å²) in [6.45, 7) is 4.02. The fraction of sp³-hybridized carbons (Fsp3) is 0.562. The minimum atomic E-state index is -3.18. The van der Waals surface area contributed by atoms with Crippen LogP contribution in [-0.2, 0) is 4.74 Å². The van der Waals surface area contributed by atoms with Gasteiger partial charge in [0.05, 0.1) is 11.8 Å². The van der Waals surface area contributed by atoms with E-state index >= 15 is 0 Å². The van der Waals surface area contributed by atoms with Gasteiger partial charge in [0.1, 0.15) is 9.55 Å². The normalized spacial score (nSPS) is 13.0. The van der Waals surface area contributed by atoms with Crippen LogP contribution in [0.1, 0.15) is 39.5 Å². The molecule has 0 bridgehead atoms. The molecule has 0 aliphatic carbocycles. The summed E-state index contributed by atoms with van der Waals surface area (Å²) in [6.07, 6.45) is 4.03. The Kier molecular flexibility index (Phi) is 10.1. The van der Waals surface area contributed by atoms with Crippen LogP contribution in [0.5, 0.6) is 0 Å². The predicted molar refractivity (Wildman–Crippen MR) is 110 cm³/mol. The standard InChI is InChI=1S/C16H20Br2F3NOS2/c1-3-4-5-6-10(2)23-15(24)22-12-8-7-11(19)9-13(12)25-16(20,21)14(17)18/h7-10,14H,3-6H2,1-2H3,(H,22,24). The lowest BCUT2D eigenvalue weighted by Crippen LogP contribution is -2.22. The molecule has 0 amide bonds. The molecule has 0 saturated heterocycles. The van der Waals surface area contributed by atoms with Gasteiger partial charge in [-0.3, -0.25) is 0 Å². The van der Waals surface area contributed by atoms with Crippen LogP contribution in [0.25, 0.3) is 0 Å². The van der Waals surface area contributed by atoms with Crippen molar-refractivity contribution in [2.75, 3.05) is 5.32 Å². The van der Waals surface area contributed by atoms with Crippen molar-refractivity contribution in [3.05, 3.63) is 24.0 Å². The Morgan fingerprint density at radius 1 is 1.36 bits per heavy atom. The molecular formula is C16H20Br2F3NOS2. The summed E-state index contributed by atoms with van der Waals surface area (Å²) >= 11 is 10.9. The largest absolute Gasteiger partial charge is 0.468 e. The highest BCUT2D eigenvalue weighted by atomic mass is 79.9. The van der Waals surface area contributed by atoms with E-state index in [0.717, 1.165) is 31.7 Å². The second kappa shape index (κ2) is 11.0. The van der Waals surface area contributed by atoms with Crippen molar-refractivity contribution in [2.24, 2.45) is 0 Å². The molecule has 142 valence electrons. The maximum Gasteiger partial charge on any atom is 0.320 e. The zero-order valence-corrected chi connectivity index (χ0v) is 18.6. The van der Waals surface area contributed by atoms with E-state index in [1.165, 1.54) is 12.1 Å². The maximum absolute atomic E-state index is 13.9. The number of anilines is 1. The molecule has 0 aliphatic rings. The lowest BCUT2D eigenvalue weighted by molar-refractivity contribution is 0.129. The van der Waals surface area contributed by atoms with Crippen LogP contribution in [0.4, 0.5) is 18.9 Å². The van der Waals surface area contributed by atoms with Gasteiger partial charge in [-0.05, 0) is 61.9 Å². The Labute approximate surface area is 172 Å². The number of unbranched alkanes of at least 4 members (excludes halogenated alkanes) is 2. The lowest BCUT2D eigenvalue weighted by atomic mass is 10.1. The summed E-state index contributed by atoms with van der Waals surface area (Å²) in [5.41, 5.74) is 0.275. The summed E-state index contributed by atoms with van der Waals surface area (Å²) in [5.74, 6) is -0.607. The van der Waals surface area contributed by atoms with Gasteiger partial charge in [-0.15, -0.1) is 0 Å². The van der Waals surface area contributed by atoms with E-state index in [2.05, 4.69) is 44.1 Å². The second-order valence-corrected chi connectivity index (χ2v) is 10.1. The van der Waals surface area contributed by atoms with Gasteiger partial charge in [-0.25, -0.2) is 4.39 Å². The number of halogens is 5. The van der Waals surface area contributed by atoms with Gasteiger partial charge in [0.25, 0.3) is 5.17 Å². The SMILES string of the molecule is CCCCCC(C)OC(=S)Nc1ccc(F)cc1SC(F)(F)C(Br)Br.